The van der Waals surface area contributed by atoms with E-state index in [1.54, 1.807) is 6.07 Å². The molecule has 160 valence electrons. The monoisotopic (exact) mass is 436 g/mol. The van der Waals surface area contributed by atoms with E-state index < -0.39 is 0 Å². The van der Waals surface area contributed by atoms with Gasteiger partial charge in [0.25, 0.3) is 5.91 Å². The molecule has 1 aromatic heterocycles. The van der Waals surface area contributed by atoms with Crippen molar-refractivity contribution in [1.29, 1.82) is 0 Å². The van der Waals surface area contributed by atoms with Gasteiger partial charge in [0.05, 0.1) is 0 Å². The summed E-state index contributed by atoms with van der Waals surface area (Å²) < 4.78 is 5.87. The van der Waals surface area contributed by atoms with E-state index in [4.69, 9.17) is 16.3 Å². The lowest BCUT2D eigenvalue weighted by Gasteiger charge is -2.35. The number of anilines is 1. The Morgan fingerprint density at radius 2 is 1.77 bits per heavy atom. The minimum absolute atomic E-state index is 0.0166. The molecule has 0 unspecified atom stereocenters. The first kappa shape index (κ1) is 21.1. The molecule has 0 aliphatic carbocycles. The molecule has 1 saturated heterocycles. The van der Waals surface area contributed by atoms with Gasteiger partial charge in [0, 0.05) is 48.5 Å². The fourth-order valence-electron chi connectivity index (χ4n) is 3.69. The summed E-state index contributed by atoms with van der Waals surface area (Å²) in [6.07, 6.45) is 0. The van der Waals surface area contributed by atoms with Gasteiger partial charge in [-0.3, -0.25) is 4.79 Å². The minimum atomic E-state index is 0.0166. The molecule has 1 aliphatic rings. The third-order valence-electron chi connectivity index (χ3n) is 5.22. The Morgan fingerprint density at radius 1 is 1.00 bits per heavy atom. The summed E-state index contributed by atoms with van der Waals surface area (Å²) in [5.41, 5.74) is 2.57. The summed E-state index contributed by atoms with van der Waals surface area (Å²) in [4.78, 5) is 26.0. The third kappa shape index (κ3) is 5.33. The molecule has 7 heteroatoms. The number of carbonyl (C=O) groups is 1. The Kier molecular flexibility index (Phi) is 6.37. The maximum atomic E-state index is 13.0. The van der Waals surface area contributed by atoms with Crippen LogP contribution in [0.15, 0.2) is 54.6 Å². The number of piperazine rings is 1. The molecule has 6 nitrogen and oxygen atoms in total. The molecule has 3 aromatic rings. The number of amides is 1. The van der Waals surface area contributed by atoms with Gasteiger partial charge >= 0.3 is 0 Å². The largest absolute Gasteiger partial charge is 0.489 e. The first-order valence-electron chi connectivity index (χ1n) is 10.3. The van der Waals surface area contributed by atoms with Gasteiger partial charge in [0.1, 0.15) is 24.0 Å². The molecule has 1 aliphatic heterocycles. The highest BCUT2D eigenvalue weighted by atomic mass is 35.5. The van der Waals surface area contributed by atoms with Crippen LogP contribution in [0.1, 0.15) is 27.4 Å². The number of rotatable bonds is 5. The van der Waals surface area contributed by atoms with Gasteiger partial charge in [-0.2, -0.15) is 0 Å². The van der Waals surface area contributed by atoms with E-state index in [-0.39, 0.29) is 5.91 Å². The Hall–Kier alpha value is -3.12. The van der Waals surface area contributed by atoms with Gasteiger partial charge in [-0.15, -0.1) is 0 Å². The fraction of sp³-hybridized carbons (Fsp3) is 0.292. The highest BCUT2D eigenvalue weighted by Crippen LogP contribution is 2.20. The summed E-state index contributed by atoms with van der Waals surface area (Å²) in [5.74, 6) is 2.37. The zero-order valence-corrected chi connectivity index (χ0v) is 18.5. The molecular formula is C24H25ClN4O2. The van der Waals surface area contributed by atoms with Crippen LogP contribution in [0.4, 0.5) is 5.82 Å². The van der Waals surface area contributed by atoms with E-state index in [0.29, 0.717) is 36.0 Å². The Bertz CT molecular complexity index is 1060. The smallest absolute Gasteiger partial charge is 0.254 e. The van der Waals surface area contributed by atoms with Crippen molar-refractivity contribution >= 4 is 23.3 Å². The molecule has 1 amide bonds. The lowest BCUT2D eigenvalue weighted by molar-refractivity contribution is 0.0746. The topological polar surface area (TPSA) is 58.6 Å². The first-order chi connectivity index (χ1) is 15.0. The van der Waals surface area contributed by atoms with Crippen molar-refractivity contribution in [3.8, 4) is 5.75 Å². The molecule has 2 aromatic carbocycles. The van der Waals surface area contributed by atoms with E-state index in [0.717, 1.165) is 36.0 Å². The summed E-state index contributed by atoms with van der Waals surface area (Å²) >= 11 is 6.03. The zero-order chi connectivity index (χ0) is 21.8. The van der Waals surface area contributed by atoms with Crippen molar-refractivity contribution < 1.29 is 9.53 Å². The number of nitrogens with zero attached hydrogens (tertiary/aromatic N) is 4. The normalized spacial score (nSPS) is 13.9. The van der Waals surface area contributed by atoms with Gasteiger partial charge in [-0.1, -0.05) is 29.8 Å². The van der Waals surface area contributed by atoms with Crippen molar-refractivity contribution in [2.24, 2.45) is 0 Å². The standard InChI is InChI=1S/C24H25ClN4O2/c1-17-13-23(27-18(2)26-17)28-9-11-29(12-10-28)24(30)20-6-4-8-22(15-20)31-16-19-5-3-7-21(25)14-19/h3-8,13-15H,9-12,16H2,1-2H3. The van der Waals surface area contributed by atoms with Crippen LogP contribution in [0.5, 0.6) is 5.75 Å². The van der Waals surface area contributed by atoms with Crippen LogP contribution in [-0.4, -0.2) is 47.0 Å². The molecule has 1 fully saturated rings. The molecule has 0 bridgehead atoms. The van der Waals surface area contributed by atoms with Crippen LogP contribution in [0.2, 0.25) is 5.02 Å². The second-order valence-corrected chi connectivity index (χ2v) is 8.08. The second kappa shape index (κ2) is 9.35. The number of ether oxygens (including phenoxy) is 1. The van der Waals surface area contributed by atoms with Gasteiger partial charge in [0.2, 0.25) is 0 Å². The molecule has 0 saturated carbocycles. The number of carbonyl (C=O) groups excluding carboxylic acids is 1. The zero-order valence-electron chi connectivity index (χ0n) is 17.7. The molecule has 0 atom stereocenters. The van der Waals surface area contributed by atoms with E-state index in [9.17, 15) is 4.79 Å². The van der Waals surface area contributed by atoms with Crippen molar-refractivity contribution in [1.82, 2.24) is 14.9 Å². The fourth-order valence-corrected chi connectivity index (χ4v) is 3.91. The predicted molar refractivity (Wildman–Crippen MR) is 122 cm³/mol. The van der Waals surface area contributed by atoms with Crippen molar-refractivity contribution in [3.63, 3.8) is 0 Å². The maximum Gasteiger partial charge on any atom is 0.254 e. The number of halogens is 1. The summed E-state index contributed by atoms with van der Waals surface area (Å²) in [6, 6.07) is 16.9. The van der Waals surface area contributed by atoms with Crippen LogP contribution in [0.25, 0.3) is 0 Å². The number of benzene rings is 2. The quantitative estimate of drug-likeness (QED) is 0.597. The summed E-state index contributed by atoms with van der Waals surface area (Å²) in [6.45, 7) is 7.05. The average molecular weight is 437 g/mol. The molecule has 4 rings (SSSR count). The molecule has 31 heavy (non-hydrogen) atoms. The Morgan fingerprint density at radius 3 is 2.52 bits per heavy atom. The van der Waals surface area contributed by atoms with Crippen LogP contribution in [0.3, 0.4) is 0 Å². The highest BCUT2D eigenvalue weighted by Gasteiger charge is 2.23. The van der Waals surface area contributed by atoms with Gasteiger partial charge in [-0.25, -0.2) is 9.97 Å². The lowest BCUT2D eigenvalue weighted by Crippen LogP contribution is -2.49. The Balaban J connectivity index is 1.37. The second-order valence-electron chi connectivity index (χ2n) is 7.64. The predicted octanol–water partition coefficient (Wildman–Crippen LogP) is 4.29. The summed E-state index contributed by atoms with van der Waals surface area (Å²) in [7, 11) is 0. The number of aromatic nitrogens is 2. The summed E-state index contributed by atoms with van der Waals surface area (Å²) in [5, 5.41) is 0.677. The molecular weight excluding hydrogens is 412 g/mol. The van der Waals surface area contributed by atoms with Gasteiger partial charge in [0.15, 0.2) is 0 Å². The van der Waals surface area contributed by atoms with Crippen LogP contribution in [-0.2, 0) is 6.61 Å². The number of hydrogen-bond donors (Lipinski definition) is 0. The first-order valence-corrected chi connectivity index (χ1v) is 10.7. The molecule has 0 radical (unpaired) electrons. The van der Waals surface area contributed by atoms with E-state index in [1.165, 1.54) is 0 Å². The number of hydrogen-bond acceptors (Lipinski definition) is 5. The minimum Gasteiger partial charge on any atom is -0.489 e. The molecule has 0 spiro atoms. The van der Waals surface area contributed by atoms with Crippen molar-refractivity contribution in [3.05, 3.63) is 82.3 Å². The third-order valence-corrected chi connectivity index (χ3v) is 5.45. The van der Waals surface area contributed by atoms with Gasteiger partial charge in [-0.05, 0) is 49.7 Å². The Labute approximate surface area is 187 Å². The van der Waals surface area contributed by atoms with E-state index in [2.05, 4.69) is 14.9 Å². The van der Waals surface area contributed by atoms with Gasteiger partial charge < -0.3 is 14.5 Å². The molecule has 0 N–H and O–H groups in total. The lowest BCUT2D eigenvalue weighted by atomic mass is 10.1. The van der Waals surface area contributed by atoms with Crippen LogP contribution in [0, 0.1) is 13.8 Å². The highest BCUT2D eigenvalue weighted by molar-refractivity contribution is 6.30. The van der Waals surface area contributed by atoms with E-state index in [1.807, 2.05) is 67.3 Å². The maximum absolute atomic E-state index is 13.0. The van der Waals surface area contributed by atoms with E-state index >= 15 is 0 Å². The number of aryl methyl sites for hydroxylation is 2. The average Bonchev–Trinajstić information content (AvgIpc) is 2.77. The van der Waals surface area contributed by atoms with Crippen molar-refractivity contribution in [2.75, 3.05) is 31.1 Å². The van der Waals surface area contributed by atoms with Crippen LogP contribution < -0.4 is 9.64 Å². The van der Waals surface area contributed by atoms with Crippen LogP contribution >= 0.6 is 11.6 Å². The van der Waals surface area contributed by atoms with Crippen molar-refractivity contribution in [2.45, 2.75) is 20.5 Å². The molecule has 2 heterocycles. The SMILES string of the molecule is Cc1cc(N2CCN(C(=O)c3cccc(OCc4cccc(Cl)c4)c3)CC2)nc(C)n1.